The molecular formula is C16H14N2O5. The summed E-state index contributed by atoms with van der Waals surface area (Å²) in [4.78, 5) is 33.5. The normalized spacial score (nSPS) is 10.1. The van der Waals surface area contributed by atoms with Crippen molar-refractivity contribution in [1.29, 1.82) is 0 Å². The number of nitro benzene ring substituents is 1. The third-order valence-corrected chi connectivity index (χ3v) is 3.24. The maximum absolute atomic E-state index is 12.0. The Morgan fingerprint density at radius 3 is 2.43 bits per heavy atom. The molecule has 0 atom stereocenters. The van der Waals surface area contributed by atoms with E-state index in [4.69, 9.17) is 5.11 Å². The molecule has 118 valence electrons. The fourth-order valence-corrected chi connectivity index (χ4v) is 2.14. The zero-order valence-electron chi connectivity index (χ0n) is 12.1. The van der Waals surface area contributed by atoms with E-state index in [0.29, 0.717) is 5.56 Å². The molecule has 2 aromatic carbocycles. The van der Waals surface area contributed by atoms with E-state index in [2.05, 4.69) is 5.32 Å². The third kappa shape index (κ3) is 4.13. The Bertz CT molecular complexity index is 758. The second kappa shape index (κ2) is 7.17. The number of hydrogen-bond acceptors (Lipinski definition) is 4. The molecule has 0 saturated carbocycles. The molecule has 0 aliphatic carbocycles. The molecule has 0 heterocycles. The zero-order valence-corrected chi connectivity index (χ0v) is 12.1. The lowest BCUT2D eigenvalue weighted by Crippen LogP contribution is -2.15. The van der Waals surface area contributed by atoms with E-state index in [0.717, 1.165) is 0 Å². The lowest BCUT2D eigenvalue weighted by Gasteiger charge is -2.08. The minimum atomic E-state index is -1.14. The molecule has 0 aliphatic rings. The Balaban J connectivity index is 2.04. The van der Waals surface area contributed by atoms with Crippen molar-refractivity contribution in [2.75, 3.05) is 5.32 Å². The van der Waals surface area contributed by atoms with Gasteiger partial charge in [-0.3, -0.25) is 14.9 Å². The van der Waals surface area contributed by atoms with Crippen LogP contribution < -0.4 is 5.32 Å². The number of nitrogens with one attached hydrogen (secondary N) is 1. The minimum absolute atomic E-state index is 0.00783. The zero-order chi connectivity index (χ0) is 16.8. The van der Waals surface area contributed by atoms with Gasteiger partial charge in [0.25, 0.3) is 5.69 Å². The van der Waals surface area contributed by atoms with Gasteiger partial charge in [-0.15, -0.1) is 0 Å². The highest BCUT2D eigenvalue weighted by atomic mass is 16.6. The van der Waals surface area contributed by atoms with E-state index < -0.39 is 16.8 Å². The molecule has 0 unspecified atom stereocenters. The summed E-state index contributed by atoms with van der Waals surface area (Å²) < 4.78 is 0. The largest absolute Gasteiger partial charge is 0.478 e. The maximum Gasteiger partial charge on any atom is 0.337 e. The predicted molar refractivity (Wildman–Crippen MR) is 83.4 cm³/mol. The van der Waals surface area contributed by atoms with Gasteiger partial charge >= 0.3 is 5.97 Å². The topological polar surface area (TPSA) is 110 Å². The highest BCUT2D eigenvalue weighted by Crippen LogP contribution is 2.20. The number of carboxylic acids is 1. The molecule has 2 N–H and O–H groups in total. The molecule has 2 aromatic rings. The molecule has 7 heteroatoms. The summed E-state index contributed by atoms with van der Waals surface area (Å²) in [5, 5.41) is 22.5. The number of carbonyl (C=O) groups excluding carboxylic acids is 1. The van der Waals surface area contributed by atoms with Crippen LogP contribution in [-0.4, -0.2) is 21.9 Å². The van der Waals surface area contributed by atoms with E-state index in [-0.39, 0.29) is 29.8 Å². The average Bonchev–Trinajstić information content (AvgIpc) is 2.53. The summed E-state index contributed by atoms with van der Waals surface area (Å²) in [5.74, 6) is -1.54. The second-order valence-corrected chi connectivity index (χ2v) is 4.78. The molecule has 0 saturated heterocycles. The van der Waals surface area contributed by atoms with Crippen molar-refractivity contribution in [1.82, 2.24) is 0 Å². The Kier molecular flexibility index (Phi) is 5.03. The number of nitro groups is 1. The van der Waals surface area contributed by atoms with E-state index in [1.54, 1.807) is 30.3 Å². The van der Waals surface area contributed by atoms with Crippen LogP contribution in [0.1, 0.15) is 22.3 Å². The van der Waals surface area contributed by atoms with Crippen molar-refractivity contribution < 1.29 is 19.6 Å². The van der Waals surface area contributed by atoms with E-state index in [1.165, 1.54) is 18.2 Å². The van der Waals surface area contributed by atoms with Crippen molar-refractivity contribution in [2.24, 2.45) is 0 Å². The van der Waals surface area contributed by atoms with Crippen molar-refractivity contribution in [3.63, 3.8) is 0 Å². The molecule has 0 fully saturated rings. The van der Waals surface area contributed by atoms with Gasteiger partial charge in [-0.05, 0) is 18.6 Å². The standard InChI is InChI=1S/C16H14N2O5/c19-15(17-13-7-3-2-6-12(13)16(20)21)10-9-11-5-1-4-8-14(11)18(22)23/h1-8H,9-10H2,(H,17,19)(H,20,21). The number of nitrogens with zero attached hydrogens (tertiary/aromatic N) is 1. The van der Waals surface area contributed by atoms with Crippen LogP contribution in [0.15, 0.2) is 48.5 Å². The van der Waals surface area contributed by atoms with Gasteiger partial charge < -0.3 is 10.4 Å². The van der Waals surface area contributed by atoms with Gasteiger partial charge in [-0.25, -0.2) is 4.79 Å². The predicted octanol–water partition coefficient (Wildman–Crippen LogP) is 2.86. The molecule has 0 radical (unpaired) electrons. The summed E-state index contributed by atoms with van der Waals surface area (Å²) in [5.41, 5.74) is 0.615. The number of benzene rings is 2. The Morgan fingerprint density at radius 2 is 1.74 bits per heavy atom. The van der Waals surface area contributed by atoms with Crippen molar-refractivity contribution in [3.05, 3.63) is 69.8 Å². The van der Waals surface area contributed by atoms with Gasteiger partial charge in [0, 0.05) is 18.1 Å². The smallest absolute Gasteiger partial charge is 0.337 e. The number of aryl methyl sites for hydroxylation is 1. The number of carbonyl (C=O) groups is 2. The van der Waals surface area contributed by atoms with Crippen LogP contribution in [0.2, 0.25) is 0 Å². The summed E-state index contributed by atoms with van der Waals surface area (Å²) in [7, 11) is 0. The molecule has 0 bridgehead atoms. The first-order chi connectivity index (χ1) is 11.0. The maximum atomic E-state index is 12.0. The molecule has 7 nitrogen and oxygen atoms in total. The molecular weight excluding hydrogens is 300 g/mol. The third-order valence-electron chi connectivity index (χ3n) is 3.24. The quantitative estimate of drug-likeness (QED) is 0.629. The first-order valence-corrected chi connectivity index (χ1v) is 6.83. The number of rotatable bonds is 6. The van der Waals surface area contributed by atoms with Crippen LogP contribution >= 0.6 is 0 Å². The van der Waals surface area contributed by atoms with Crippen molar-refractivity contribution in [3.8, 4) is 0 Å². The number of hydrogen-bond donors (Lipinski definition) is 2. The summed E-state index contributed by atoms with van der Waals surface area (Å²) >= 11 is 0. The van der Waals surface area contributed by atoms with Gasteiger partial charge in [-0.2, -0.15) is 0 Å². The molecule has 23 heavy (non-hydrogen) atoms. The lowest BCUT2D eigenvalue weighted by molar-refractivity contribution is -0.385. The van der Waals surface area contributed by atoms with E-state index >= 15 is 0 Å². The van der Waals surface area contributed by atoms with Crippen molar-refractivity contribution in [2.45, 2.75) is 12.8 Å². The number of carboxylic acid groups (broad SMARTS) is 1. The van der Waals surface area contributed by atoms with E-state index in [9.17, 15) is 19.7 Å². The van der Waals surface area contributed by atoms with Gasteiger partial charge in [0.15, 0.2) is 0 Å². The summed E-state index contributed by atoms with van der Waals surface area (Å²) in [6.07, 6.45) is 0.205. The monoisotopic (exact) mass is 314 g/mol. The van der Waals surface area contributed by atoms with Crippen LogP contribution in [0.25, 0.3) is 0 Å². The Hall–Kier alpha value is -3.22. The fraction of sp³-hybridized carbons (Fsp3) is 0.125. The molecule has 0 aliphatic heterocycles. The van der Waals surface area contributed by atoms with Gasteiger partial charge in [0.2, 0.25) is 5.91 Å². The molecule has 0 spiro atoms. The van der Waals surface area contributed by atoms with Gasteiger partial charge in [-0.1, -0.05) is 30.3 Å². The van der Waals surface area contributed by atoms with Crippen LogP contribution in [-0.2, 0) is 11.2 Å². The van der Waals surface area contributed by atoms with Crippen LogP contribution in [0.4, 0.5) is 11.4 Å². The Morgan fingerprint density at radius 1 is 1.09 bits per heavy atom. The van der Waals surface area contributed by atoms with Crippen LogP contribution in [0, 0.1) is 10.1 Å². The Labute approximate surface area is 131 Å². The van der Waals surface area contributed by atoms with E-state index in [1.807, 2.05) is 0 Å². The molecule has 0 aromatic heterocycles. The number of anilines is 1. The number of aromatic carboxylic acids is 1. The summed E-state index contributed by atoms with van der Waals surface area (Å²) in [6, 6.07) is 12.3. The second-order valence-electron chi connectivity index (χ2n) is 4.78. The number of amides is 1. The first-order valence-electron chi connectivity index (χ1n) is 6.83. The number of para-hydroxylation sites is 2. The highest BCUT2D eigenvalue weighted by Gasteiger charge is 2.15. The SMILES string of the molecule is O=C(CCc1ccccc1[N+](=O)[O-])Nc1ccccc1C(=O)O. The summed E-state index contributed by atoms with van der Waals surface area (Å²) in [6.45, 7) is 0. The van der Waals surface area contributed by atoms with Gasteiger partial charge in [0.1, 0.15) is 0 Å². The van der Waals surface area contributed by atoms with Crippen LogP contribution in [0.5, 0.6) is 0 Å². The highest BCUT2D eigenvalue weighted by molar-refractivity contribution is 6.00. The van der Waals surface area contributed by atoms with Crippen molar-refractivity contribution >= 4 is 23.3 Å². The van der Waals surface area contributed by atoms with Crippen LogP contribution in [0.3, 0.4) is 0 Å². The van der Waals surface area contributed by atoms with Gasteiger partial charge in [0.05, 0.1) is 16.2 Å². The average molecular weight is 314 g/mol. The fourth-order valence-electron chi connectivity index (χ4n) is 2.14. The lowest BCUT2D eigenvalue weighted by atomic mass is 10.1. The minimum Gasteiger partial charge on any atom is -0.478 e. The molecule has 1 amide bonds. The molecule has 2 rings (SSSR count). The first kappa shape index (κ1) is 16.2.